The van der Waals surface area contributed by atoms with Crippen LogP contribution in [0.1, 0.15) is 66.1 Å². The Bertz CT molecular complexity index is 1190. The van der Waals surface area contributed by atoms with Crippen LogP contribution < -0.4 is 5.32 Å². The van der Waals surface area contributed by atoms with Crippen molar-refractivity contribution in [3.63, 3.8) is 0 Å². The summed E-state index contributed by atoms with van der Waals surface area (Å²) in [6, 6.07) is 12.4. The second-order valence-electron chi connectivity index (χ2n) is 8.79. The van der Waals surface area contributed by atoms with E-state index in [0.29, 0.717) is 23.1 Å². The smallest absolute Gasteiger partial charge is 0.212 e. The van der Waals surface area contributed by atoms with Crippen LogP contribution in [-0.4, -0.2) is 10.8 Å². The molecular weight excluding hydrogens is 444 g/mol. The number of thiophene rings is 1. The monoisotopic (exact) mass is 472 g/mol. The summed E-state index contributed by atoms with van der Waals surface area (Å²) in [5.74, 6) is 1.06. The number of rotatable bonds is 6. The second-order valence-corrected chi connectivity index (χ2v) is 10.6. The lowest BCUT2D eigenvalue weighted by Crippen LogP contribution is -2.17. The van der Waals surface area contributed by atoms with Gasteiger partial charge in [-0.15, -0.1) is 22.7 Å². The van der Waals surface area contributed by atoms with E-state index in [0.717, 1.165) is 41.1 Å². The Hall–Kier alpha value is -2.76. The summed E-state index contributed by atoms with van der Waals surface area (Å²) in [6.07, 6.45) is 13.4. The molecule has 0 atom stereocenters. The molecule has 3 heterocycles. The molecule has 1 aromatic carbocycles. The molecule has 0 saturated heterocycles. The molecule has 0 spiro atoms. The van der Waals surface area contributed by atoms with E-state index < -0.39 is 0 Å². The Morgan fingerprint density at radius 1 is 1.03 bits per heavy atom. The van der Waals surface area contributed by atoms with Crippen LogP contribution in [-0.2, 0) is 0 Å². The van der Waals surface area contributed by atoms with Crippen LogP contribution in [0.15, 0.2) is 77.8 Å². The molecule has 1 N–H and O–H groups in total. The van der Waals surface area contributed by atoms with E-state index in [2.05, 4.69) is 47.4 Å². The molecule has 1 aliphatic heterocycles. The second kappa shape index (κ2) is 10.0. The number of ketones is 1. The molecule has 1 saturated carbocycles. The van der Waals surface area contributed by atoms with Gasteiger partial charge in [0.05, 0.1) is 4.88 Å². The highest BCUT2D eigenvalue weighted by atomic mass is 32.1. The van der Waals surface area contributed by atoms with Gasteiger partial charge in [0.15, 0.2) is 0 Å². The topological polar surface area (TPSA) is 42.0 Å². The van der Waals surface area contributed by atoms with Gasteiger partial charge in [0, 0.05) is 11.0 Å². The van der Waals surface area contributed by atoms with Crippen molar-refractivity contribution in [2.24, 2.45) is 5.92 Å². The highest BCUT2D eigenvalue weighted by molar-refractivity contribution is 7.20. The summed E-state index contributed by atoms with van der Waals surface area (Å²) in [6.45, 7) is 4.22. The van der Waals surface area contributed by atoms with E-state index >= 15 is 0 Å². The van der Waals surface area contributed by atoms with Gasteiger partial charge in [0.25, 0.3) is 0 Å². The molecule has 5 heteroatoms. The fraction of sp³-hybridized carbons (Fsp3) is 0.286. The van der Waals surface area contributed by atoms with Gasteiger partial charge in [-0.1, -0.05) is 48.6 Å². The Morgan fingerprint density at radius 3 is 2.67 bits per heavy atom. The van der Waals surface area contributed by atoms with Gasteiger partial charge in [-0.3, -0.25) is 4.79 Å². The van der Waals surface area contributed by atoms with E-state index in [9.17, 15) is 4.79 Å². The summed E-state index contributed by atoms with van der Waals surface area (Å²) in [4.78, 5) is 19.0. The summed E-state index contributed by atoms with van der Waals surface area (Å²) in [5, 5.41) is 8.09. The number of allylic oxidation sites excluding steroid dienone is 3. The van der Waals surface area contributed by atoms with Crippen molar-refractivity contribution in [3.8, 4) is 9.88 Å². The van der Waals surface area contributed by atoms with Crippen LogP contribution in [0.25, 0.3) is 15.5 Å². The number of benzene rings is 1. The molecule has 0 amide bonds. The van der Waals surface area contributed by atoms with Gasteiger partial charge < -0.3 is 5.32 Å². The molecule has 2 aromatic heterocycles. The molecule has 168 valence electrons. The highest BCUT2D eigenvalue weighted by Gasteiger charge is 2.27. The number of carbonyl (C=O) groups excluding carboxylic acids is 1. The van der Waals surface area contributed by atoms with Gasteiger partial charge in [-0.05, 0) is 85.3 Å². The molecule has 0 unspecified atom stereocenters. The van der Waals surface area contributed by atoms with Gasteiger partial charge in [0.1, 0.15) is 10.7 Å². The summed E-state index contributed by atoms with van der Waals surface area (Å²) >= 11 is 3.16. The number of hydrogen-bond acceptors (Lipinski definition) is 5. The predicted molar refractivity (Wildman–Crippen MR) is 140 cm³/mol. The lowest BCUT2D eigenvalue weighted by molar-refractivity contribution is 0.105. The maximum atomic E-state index is 13.3. The van der Waals surface area contributed by atoms with Crippen molar-refractivity contribution >= 4 is 34.0 Å². The molecule has 5 rings (SSSR count). The number of aromatic nitrogens is 1. The zero-order chi connectivity index (χ0) is 22.6. The van der Waals surface area contributed by atoms with Gasteiger partial charge in [-0.2, -0.15) is 0 Å². The van der Waals surface area contributed by atoms with E-state index in [4.69, 9.17) is 0 Å². The van der Waals surface area contributed by atoms with E-state index in [-0.39, 0.29) is 5.78 Å². The number of hydrogen-bond donors (Lipinski definition) is 1. The SMILES string of the molecule is C=C(C(=O)c1csc(-c2cccs2)n1)c1ccccc1C1CCC(C2=CNC=CCC2)CC1. The summed E-state index contributed by atoms with van der Waals surface area (Å²) in [7, 11) is 0. The van der Waals surface area contributed by atoms with Gasteiger partial charge >= 0.3 is 0 Å². The fourth-order valence-corrected chi connectivity index (χ4v) is 6.64. The number of nitrogens with one attached hydrogen (secondary N) is 1. The molecule has 0 bridgehead atoms. The largest absolute Gasteiger partial charge is 0.368 e. The molecule has 1 fully saturated rings. The first-order valence-corrected chi connectivity index (χ1v) is 13.4. The minimum absolute atomic E-state index is 0.0719. The quantitative estimate of drug-likeness (QED) is 0.294. The number of carbonyl (C=O) groups is 1. The van der Waals surface area contributed by atoms with Crippen LogP contribution in [0.5, 0.6) is 0 Å². The first-order valence-electron chi connectivity index (χ1n) is 11.6. The Morgan fingerprint density at radius 2 is 1.85 bits per heavy atom. The van der Waals surface area contributed by atoms with Crippen molar-refractivity contribution in [1.29, 1.82) is 0 Å². The Labute approximate surface area is 203 Å². The third-order valence-electron chi connectivity index (χ3n) is 6.80. The fourth-order valence-electron chi connectivity index (χ4n) is 5.02. The van der Waals surface area contributed by atoms with Crippen LogP contribution in [0, 0.1) is 5.92 Å². The normalized spacial score (nSPS) is 20.5. The van der Waals surface area contributed by atoms with E-state index in [1.165, 1.54) is 29.7 Å². The Balaban J connectivity index is 1.30. The van der Waals surface area contributed by atoms with Gasteiger partial charge in [0.2, 0.25) is 5.78 Å². The molecule has 33 heavy (non-hydrogen) atoms. The molecule has 3 nitrogen and oxygen atoms in total. The van der Waals surface area contributed by atoms with Crippen LogP contribution in [0.2, 0.25) is 0 Å². The van der Waals surface area contributed by atoms with E-state index in [1.54, 1.807) is 16.9 Å². The predicted octanol–water partition coefficient (Wildman–Crippen LogP) is 7.82. The van der Waals surface area contributed by atoms with Crippen molar-refractivity contribution < 1.29 is 4.79 Å². The standard InChI is InChI=1S/C28H28N2OS2/c1-19(27(31)25-18-33-28(30-25)26-10-6-16-32-26)23-8-2-3-9-24(23)21-13-11-20(12-14-21)22-7-4-5-15-29-17-22/h2-3,5-6,8-10,15-18,20-21,29H,1,4,7,11-14H2. The van der Waals surface area contributed by atoms with Crippen molar-refractivity contribution in [2.45, 2.75) is 44.4 Å². The zero-order valence-corrected chi connectivity index (χ0v) is 20.3. The van der Waals surface area contributed by atoms with Crippen LogP contribution in [0.4, 0.5) is 0 Å². The summed E-state index contributed by atoms with van der Waals surface area (Å²) in [5.41, 5.74) is 4.84. The van der Waals surface area contributed by atoms with Crippen LogP contribution in [0.3, 0.4) is 0 Å². The first-order chi connectivity index (χ1) is 16.2. The van der Waals surface area contributed by atoms with E-state index in [1.807, 2.05) is 35.2 Å². The zero-order valence-electron chi connectivity index (χ0n) is 18.6. The molecule has 2 aliphatic rings. The lowest BCUT2D eigenvalue weighted by atomic mass is 9.74. The number of nitrogens with zero attached hydrogens (tertiary/aromatic N) is 1. The third kappa shape index (κ3) is 4.80. The number of thiazole rings is 1. The highest BCUT2D eigenvalue weighted by Crippen LogP contribution is 2.42. The average Bonchev–Trinajstić information content (AvgIpc) is 3.50. The van der Waals surface area contributed by atoms with Crippen molar-refractivity contribution in [1.82, 2.24) is 10.3 Å². The minimum Gasteiger partial charge on any atom is -0.368 e. The molecule has 1 aliphatic carbocycles. The molecule has 3 aromatic rings. The first kappa shape index (κ1) is 22.1. The average molecular weight is 473 g/mol. The maximum Gasteiger partial charge on any atom is 0.212 e. The molecular formula is C28H28N2OS2. The Kier molecular flexibility index (Phi) is 6.70. The maximum absolute atomic E-state index is 13.3. The molecule has 0 radical (unpaired) electrons. The van der Waals surface area contributed by atoms with Gasteiger partial charge in [-0.25, -0.2) is 4.98 Å². The van der Waals surface area contributed by atoms with Crippen molar-refractivity contribution in [3.05, 3.63) is 94.6 Å². The van der Waals surface area contributed by atoms with Crippen LogP contribution >= 0.6 is 22.7 Å². The summed E-state index contributed by atoms with van der Waals surface area (Å²) < 4.78 is 0. The van der Waals surface area contributed by atoms with Crippen molar-refractivity contribution in [2.75, 3.05) is 0 Å². The third-order valence-corrected chi connectivity index (χ3v) is 8.68. The lowest BCUT2D eigenvalue weighted by Gasteiger charge is -2.31. The minimum atomic E-state index is -0.0719. The number of Topliss-reactive ketones (excluding diaryl/α,β-unsaturated/α-hetero) is 1.